The molecule has 2 saturated heterocycles. The van der Waals surface area contributed by atoms with Gasteiger partial charge in [-0.15, -0.1) is 0 Å². The zero-order valence-corrected chi connectivity index (χ0v) is 17.8. The molecule has 0 radical (unpaired) electrons. The van der Waals surface area contributed by atoms with Gasteiger partial charge in [-0.05, 0) is 44.0 Å². The van der Waals surface area contributed by atoms with Crippen molar-refractivity contribution in [2.24, 2.45) is 5.41 Å². The molecule has 0 saturated carbocycles. The van der Waals surface area contributed by atoms with Gasteiger partial charge in [-0.1, -0.05) is 0 Å². The van der Waals surface area contributed by atoms with Gasteiger partial charge in [0.05, 0.1) is 16.7 Å². The number of rotatable bonds is 3. The number of amides is 2. The fourth-order valence-corrected chi connectivity index (χ4v) is 4.42. The number of carbonyl (C=O) groups is 2. The lowest BCUT2D eigenvalue weighted by atomic mass is 9.78. The molecular weight excluding hydrogens is 392 g/mol. The Hall–Kier alpha value is -3.55. The first-order valence-electron chi connectivity index (χ1n) is 10.4. The Morgan fingerprint density at radius 1 is 1.16 bits per heavy atom. The van der Waals surface area contributed by atoms with Crippen LogP contribution in [0.3, 0.4) is 0 Å². The average molecular weight is 416 g/mol. The van der Waals surface area contributed by atoms with Crippen LogP contribution >= 0.6 is 0 Å². The minimum atomic E-state index is -0.380. The molecule has 5 rings (SSSR count). The van der Waals surface area contributed by atoms with Crippen LogP contribution in [-0.4, -0.2) is 68.2 Å². The predicted octanol–water partition coefficient (Wildman–Crippen LogP) is 2.45. The molecule has 1 N–H and O–H groups in total. The van der Waals surface area contributed by atoms with Gasteiger partial charge in [0.25, 0.3) is 5.91 Å². The summed E-state index contributed by atoms with van der Waals surface area (Å²) in [6, 6.07) is 5.68. The first-order chi connectivity index (χ1) is 14.9. The highest BCUT2D eigenvalue weighted by molar-refractivity contribution is 5.98. The number of hydrogen-bond acceptors (Lipinski definition) is 5. The normalized spacial score (nSPS) is 17.3. The Labute approximate surface area is 180 Å². The molecule has 5 heterocycles. The van der Waals surface area contributed by atoms with Gasteiger partial charge >= 0.3 is 0 Å². The van der Waals surface area contributed by atoms with Crippen LogP contribution < -0.4 is 0 Å². The molecule has 0 aromatic carbocycles. The first-order valence-corrected chi connectivity index (χ1v) is 10.4. The highest BCUT2D eigenvalue weighted by Gasteiger charge is 2.55. The third kappa shape index (κ3) is 3.19. The number of aromatic nitrogens is 4. The van der Waals surface area contributed by atoms with Crippen LogP contribution in [0, 0.1) is 19.3 Å². The number of hydrogen-bond donors (Lipinski definition) is 1. The summed E-state index contributed by atoms with van der Waals surface area (Å²) in [5, 5.41) is 0. The number of aryl methyl sites for hydroxylation is 2. The summed E-state index contributed by atoms with van der Waals surface area (Å²) >= 11 is 0. The second-order valence-electron chi connectivity index (χ2n) is 8.61. The number of carbonyl (C=O) groups excluding carboxylic acids is 2. The number of H-pyrrole nitrogens is 1. The van der Waals surface area contributed by atoms with E-state index in [0.717, 1.165) is 41.2 Å². The van der Waals surface area contributed by atoms with Crippen LogP contribution in [0.25, 0.3) is 22.6 Å². The van der Waals surface area contributed by atoms with E-state index in [4.69, 9.17) is 0 Å². The summed E-state index contributed by atoms with van der Waals surface area (Å²) in [7, 11) is 1.82. The van der Waals surface area contributed by atoms with E-state index >= 15 is 0 Å². The molecule has 0 unspecified atom stereocenters. The second kappa shape index (κ2) is 7.01. The van der Waals surface area contributed by atoms with Gasteiger partial charge in [0.15, 0.2) is 5.82 Å². The van der Waals surface area contributed by atoms with Crippen LogP contribution in [0.1, 0.15) is 28.2 Å². The quantitative estimate of drug-likeness (QED) is 0.708. The molecule has 2 amide bonds. The van der Waals surface area contributed by atoms with E-state index in [9.17, 15) is 9.59 Å². The Morgan fingerprint density at radius 3 is 2.65 bits per heavy atom. The monoisotopic (exact) mass is 416 g/mol. The Balaban J connectivity index is 1.37. The molecule has 0 atom stereocenters. The number of nitrogens with one attached hydrogen (secondary N) is 1. The van der Waals surface area contributed by atoms with Gasteiger partial charge in [0.2, 0.25) is 5.91 Å². The van der Waals surface area contributed by atoms with E-state index in [1.807, 2.05) is 39.1 Å². The molecule has 0 bridgehead atoms. The third-order valence-electron chi connectivity index (χ3n) is 6.45. The van der Waals surface area contributed by atoms with Crippen molar-refractivity contribution in [3.63, 3.8) is 0 Å². The maximum absolute atomic E-state index is 13.0. The molecule has 31 heavy (non-hydrogen) atoms. The van der Waals surface area contributed by atoms with E-state index in [0.29, 0.717) is 24.5 Å². The summed E-state index contributed by atoms with van der Waals surface area (Å²) in [6.07, 6.45) is 5.87. The van der Waals surface area contributed by atoms with Crippen LogP contribution in [-0.2, 0) is 4.79 Å². The van der Waals surface area contributed by atoms with Gasteiger partial charge in [0.1, 0.15) is 5.69 Å². The van der Waals surface area contributed by atoms with E-state index < -0.39 is 0 Å². The Bertz CT molecular complexity index is 1170. The summed E-state index contributed by atoms with van der Waals surface area (Å²) in [5.74, 6) is 0.777. The number of nitrogens with zero attached hydrogens (tertiary/aromatic N) is 5. The van der Waals surface area contributed by atoms with Gasteiger partial charge in [-0.3, -0.25) is 19.6 Å². The van der Waals surface area contributed by atoms with Gasteiger partial charge in [-0.2, -0.15) is 0 Å². The smallest absolute Gasteiger partial charge is 0.255 e. The largest absolute Gasteiger partial charge is 0.345 e. The maximum Gasteiger partial charge on any atom is 0.255 e. The zero-order valence-electron chi connectivity index (χ0n) is 17.8. The van der Waals surface area contributed by atoms with E-state index in [1.54, 1.807) is 28.4 Å². The first kappa shape index (κ1) is 19.4. The van der Waals surface area contributed by atoms with Crippen molar-refractivity contribution in [1.82, 2.24) is 29.7 Å². The summed E-state index contributed by atoms with van der Waals surface area (Å²) in [6.45, 7) is 5.66. The van der Waals surface area contributed by atoms with E-state index in [2.05, 4.69) is 19.9 Å². The number of pyridine rings is 2. The van der Waals surface area contributed by atoms with Crippen molar-refractivity contribution < 1.29 is 9.59 Å². The molecule has 2 aliphatic heterocycles. The lowest BCUT2D eigenvalue weighted by Crippen LogP contribution is -2.61. The van der Waals surface area contributed by atoms with Gasteiger partial charge < -0.3 is 14.8 Å². The molecule has 0 aliphatic carbocycles. The molecular formula is C23H24N6O2. The zero-order chi connectivity index (χ0) is 21.8. The van der Waals surface area contributed by atoms with Crippen molar-refractivity contribution >= 4 is 11.8 Å². The molecule has 1 spiro atoms. The number of likely N-dealkylation sites (tertiary alicyclic amines) is 2. The van der Waals surface area contributed by atoms with Crippen molar-refractivity contribution in [3.05, 3.63) is 53.7 Å². The van der Waals surface area contributed by atoms with Crippen molar-refractivity contribution in [2.45, 2.75) is 20.3 Å². The number of aromatic amines is 1. The molecule has 158 valence electrons. The van der Waals surface area contributed by atoms with Crippen LogP contribution in [0.5, 0.6) is 0 Å². The molecule has 8 heteroatoms. The molecule has 8 nitrogen and oxygen atoms in total. The van der Waals surface area contributed by atoms with Crippen molar-refractivity contribution in [3.8, 4) is 22.6 Å². The highest BCUT2D eigenvalue weighted by Crippen LogP contribution is 2.40. The summed E-state index contributed by atoms with van der Waals surface area (Å²) in [5.41, 5.74) is 4.57. The molecule has 3 aromatic heterocycles. The van der Waals surface area contributed by atoms with Crippen molar-refractivity contribution in [1.29, 1.82) is 0 Å². The fraction of sp³-hybridized carbons (Fsp3) is 0.348. The molecule has 2 aliphatic rings. The summed E-state index contributed by atoms with van der Waals surface area (Å²) in [4.78, 5) is 45.4. The van der Waals surface area contributed by atoms with E-state index in [1.165, 1.54) is 0 Å². The lowest BCUT2D eigenvalue weighted by molar-refractivity contribution is -0.141. The average Bonchev–Trinajstić information content (AvgIpc) is 3.25. The second-order valence-corrected chi connectivity index (χ2v) is 8.61. The Morgan fingerprint density at radius 2 is 1.97 bits per heavy atom. The van der Waals surface area contributed by atoms with Crippen LogP contribution in [0.15, 0.2) is 36.8 Å². The highest BCUT2D eigenvalue weighted by atomic mass is 16.2. The van der Waals surface area contributed by atoms with Crippen molar-refractivity contribution in [2.75, 3.05) is 26.7 Å². The van der Waals surface area contributed by atoms with E-state index in [-0.39, 0.29) is 17.2 Å². The predicted molar refractivity (Wildman–Crippen MR) is 115 cm³/mol. The lowest BCUT2D eigenvalue weighted by Gasteiger charge is -2.46. The third-order valence-corrected chi connectivity index (χ3v) is 6.45. The molecule has 3 aromatic rings. The summed E-state index contributed by atoms with van der Waals surface area (Å²) < 4.78 is 0. The minimum Gasteiger partial charge on any atom is -0.345 e. The van der Waals surface area contributed by atoms with Crippen LogP contribution in [0.2, 0.25) is 0 Å². The molecule has 2 fully saturated rings. The topological polar surface area (TPSA) is 95.1 Å². The van der Waals surface area contributed by atoms with Gasteiger partial charge in [-0.25, -0.2) is 4.98 Å². The van der Waals surface area contributed by atoms with Crippen LogP contribution in [0.4, 0.5) is 0 Å². The van der Waals surface area contributed by atoms with Gasteiger partial charge in [0, 0.05) is 56.5 Å². The number of imidazole rings is 1. The Kier molecular flexibility index (Phi) is 4.39. The fourth-order valence-electron chi connectivity index (χ4n) is 4.42. The SMILES string of the molecule is Cc1nc(-c2cc(-c3cncc(C(=O)N4CC5(CCN(C)C5=O)C4)c3)ccn2)[nH]c1C. The minimum absolute atomic E-state index is 0.0890. The standard InChI is InChI=1S/C23H24N6O2/c1-14-15(2)27-20(26-14)19-9-16(4-6-25-19)17-8-18(11-24-10-17)21(30)29-12-23(13-29)5-7-28(3)22(23)31/h4,6,8-11H,5,7,12-13H2,1-3H3,(H,26,27). The maximum atomic E-state index is 13.0.